The van der Waals surface area contributed by atoms with Gasteiger partial charge >= 0.3 is 7.12 Å². The number of hydrogen-bond acceptors (Lipinski definition) is 3. The topological polar surface area (TPSA) is 27.7 Å². The lowest BCUT2D eigenvalue weighted by Crippen LogP contribution is -2.41. The SMILES string of the molecule is CCCCOc1c(C)cc(B2OC(C)(C)C(C)(C)O2)cc1C. The lowest BCUT2D eigenvalue weighted by molar-refractivity contribution is 0.00578. The smallest absolute Gasteiger partial charge is 0.493 e. The predicted octanol–water partition coefficient (Wildman–Crippen LogP) is 3.78. The van der Waals surface area contributed by atoms with Crippen LogP contribution in [0.2, 0.25) is 0 Å². The molecule has 1 saturated heterocycles. The number of benzene rings is 1. The van der Waals surface area contributed by atoms with E-state index in [4.69, 9.17) is 14.0 Å². The van der Waals surface area contributed by atoms with E-state index in [0.717, 1.165) is 41.8 Å². The molecule has 0 N–H and O–H groups in total. The molecule has 22 heavy (non-hydrogen) atoms. The van der Waals surface area contributed by atoms with Crippen molar-refractivity contribution in [2.75, 3.05) is 6.61 Å². The van der Waals surface area contributed by atoms with Gasteiger partial charge in [-0.3, -0.25) is 0 Å². The van der Waals surface area contributed by atoms with E-state index in [2.05, 4.69) is 60.6 Å². The molecular weight excluding hydrogens is 275 g/mol. The van der Waals surface area contributed by atoms with E-state index in [1.165, 1.54) is 0 Å². The molecule has 4 heteroatoms. The van der Waals surface area contributed by atoms with E-state index >= 15 is 0 Å². The Kier molecular flexibility index (Phi) is 4.93. The highest BCUT2D eigenvalue weighted by atomic mass is 16.7. The Balaban J connectivity index is 2.21. The highest BCUT2D eigenvalue weighted by Gasteiger charge is 2.51. The third-order valence-corrected chi connectivity index (χ3v) is 4.75. The van der Waals surface area contributed by atoms with E-state index in [1.54, 1.807) is 0 Å². The summed E-state index contributed by atoms with van der Waals surface area (Å²) < 4.78 is 18.2. The molecule has 0 unspecified atom stereocenters. The molecule has 1 aliphatic heterocycles. The van der Waals surface area contributed by atoms with Gasteiger partial charge in [0.2, 0.25) is 0 Å². The Bertz CT molecular complexity index is 498. The first-order chi connectivity index (χ1) is 10.2. The fraction of sp³-hybridized carbons (Fsp3) is 0.667. The van der Waals surface area contributed by atoms with Crippen molar-refractivity contribution in [3.63, 3.8) is 0 Å². The van der Waals surface area contributed by atoms with Crippen LogP contribution in [0, 0.1) is 13.8 Å². The van der Waals surface area contributed by atoms with Gasteiger partial charge in [-0.25, -0.2) is 0 Å². The summed E-state index contributed by atoms with van der Waals surface area (Å²) in [5.41, 5.74) is 2.73. The molecule has 3 nitrogen and oxygen atoms in total. The second-order valence-corrected chi connectivity index (χ2v) is 7.27. The Morgan fingerprint density at radius 3 is 1.95 bits per heavy atom. The molecule has 122 valence electrons. The number of rotatable bonds is 5. The second kappa shape index (κ2) is 6.25. The second-order valence-electron chi connectivity index (χ2n) is 7.27. The Hall–Kier alpha value is -0.995. The van der Waals surface area contributed by atoms with Gasteiger partial charge in [0, 0.05) is 0 Å². The molecule has 1 aliphatic rings. The molecule has 0 aliphatic carbocycles. The zero-order chi connectivity index (χ0) is 16.5. The summed E-state index contributed by atoms with van der Waals surface area (Å²) in [5, 5.41) is 0. The van der Waals surface area contributed by atoms with E-state index in [9.17, 15) is 0 Å². The maximum Gasteiger partial charge on any atom is 0.494 e. The van der Waals surface area contributed by atoms with Crippen molar-refractivity contribution in [3.8, 4) is 5.75 Å². The summed E-state index contributed by atoms with van der Waals surface area (Å²) in [6.07, 6.45) is 2.22. The normalized spacial score (nSPS) is 19.5. The molecule has 0 spiro atoms. The quantitative estimate of drug-likeness (QED) is 0.612. The molecule has 0 atom stereocenters. The zero-order valence-corrected chi connectivity index (χ0v) is 15.1. The minimum Gasteiger partial charge on any atom is -0.493 e. The molecule has 1 aromatic carbocycles. The maximum atomic E-state index is 6.14. The lowest BCUT2D eigenvalue weighted by atomic mass is 9.77. The van der Waals surface area contributed by atoms with Crippen molar-refractivity contribution < 1.29 is 14.0 Å². The van der Waals surface area contributed by atoms with Gasteiger partial charge in [0.15, 0.2) is 0 Å². The van der Waals surface area contributed by atoms with Gasteiger partial charge in [0.1, 0.15) is 5.75 Å². The molecule has 1 heterocycles. The average molecular weight is 304 g/mol. The van der Waals surface area contributed by atoms with Crippen LogP contribution in [0.1, 0.15) is 58.6 Å². The monoisotopic (exact) mass is 304 g/mol. The molecule has 1 aromatic rings. The van der Waals surface area contributed by atoms with Crippen molar-refractivity contribution >= 4 is 12.6 Å². The summed E-state index contributed by atoms with van der Waals surface area (Å²) >= 11 is 0. The standard InChI is InChI=1S/C18H29BO3/c1-8-9-10-20-16-13(2)11-15(12-14(16)3)19-21-17(4,5)18(6,7)22-19/h11-12H,8-10H2,1-7H3. The van der Waals surface area contributed by atoms with Gasteiger partial charge in [-0.05, 0) is 64.6 Å². The third kappa shape index (κ3) is 3.33. The average Bonchev–Trinajstić information content (AvgIpc) is 2.61. The third-order valence-electron chi connectivity index (χ3n) is 4.75. The molecule has 0 bridgehead atoms. The van der Waals surface area contributed by atoms with E-state index in [0.29, 0.717) is 0 Å². The van der Waals surface area contributed by atoms with Crippen molar-refractivity contribution in [2.24, 2.45) is 0 Å². The Morgan fingerprint density at radius 1 is 1.00 bits per heavy atom. The van der Waals surface area contributed by atoms with Crippen LogP contribution in [0.5, 0.6) is 5.75 Å². The van der Waals surface area contributed by atoms with Gasteiger partial charge < -0.3 is 14.0 Å². The summed E-state index contributed by atoms with van der Waals surface area (Å²) in [6, 6.07) is 4.24. The van der Waals surface area contributed by atoms with Gasteiger partial charge in [0.05, 0.1) is 17.8 Å². The Labute approximate surface area is 135 Å². The van der Waals surface area contributed by atoms with Crippen molar-refractivity contribution in [1.29, 1.82) is 0 Å². The summed E-state index contributed by atoms with van der Waals surface area (Å²) in [6.45, 7) is 15.4. The van der Waals surface area contributed by atoms with Crippen LogP contribution in [-0.2, 0) is 9.31 Å². The first-order valence-electron chi connectivity index (χ1n) is 8.27. The van der Waals surface area contributed by atoms with Gasteiger partial charge in [-0.1, -0.05) is 25.5 Å². The minimum absolute atomic E-state index is 0.310. The van der Waals surface area contributed by atoms with Crippen molar-refractivity contribution in [3.05, 3.63) is 23.3 Å². The molecule has 2 rings (SSSR count). The largest absolute Gasteiger partial charge is 0.494 e. The van der Waals surface area contributed by atoms with Crippen LogP contribution < -0.4 is 10.2 Å². The predicted molar refractivity (Wildman–Crippen MR) is 92.0 cm³/mol. The minimum atomic E-state index is -0.313. The first kappa shape index (κ1) is 17.4. The van der Waals surface area contributed by atoms with Crippen LogP contribution in [0.15, 0.2) is 12.1 Å². The van der Waals surface area contributed by atoms with Crippen molar-refractivity contribution in [1.82, 2.24) is 0 Å². The summed E-state index contributed by atoms with van der Waals surface area (Å²) in [7, 11) is -0.313. The van der Waals surface area contributed by atoms with Crippen LogP contribution in [-0.4, -0.2) is 24.9 Å². The zero-order valence-electron chi connectivity index (χ0n) is 15.1. The molecule has 0 aromatic heterocycles. The van der Waals surface area contributed by atoms with E-state index < -0.39 is 0 Å². The van der Waals surface area contributed by atoms with Gasteiger partial charge in [-0.15, -0.1) is 0 Å². The van der Waals surface area contributed by atoms with E-state index in [-0.39, 0.29) is 18.3 Å². The fourth-order valence-electron chi connectivity index (χ4n) is 2.65. The summed E-state index contributed by atoms with van der Waals surface area (Å²) in [5.74, 6) is 0.994. The molecule has 0 radical (unpaired) electrons. The van der Waals surface area contributed by atoms with Crippen LogP contribution in [0.3, 0.4) is 0 Å². The fourth-order valence-corrected chi connectivity index (χ4v) is 2.65. The van der Waals surface area contributed by atoms with Crippen LogP contribution >= 0.6 is 0 Å². The number of hydrogen-bond donors (Lipinski definition) is 0. The number of ether oxygens (including phenoxy) is 1. The van der Waals surface area contributed by atoms with Gasteiger partial charge in [-0.2, -0.15) is 0 Å². The highest BCUT2D eigenvalue weighted by molar-refractivity contribution is 6.62. The van der Waals surface area contributed by atoms with Crippen molar-refractivity contribution in [2.45, 2.75) is 72.5 Å². The molecule has 0 saturated carbocycles. The first-order valence-corrected chi connectivity index (χ1v) is 8.27. The highest BCUT2D eigenvalue weighted by Crippen LogP contribution is 2.37. The molecular formula is C18H29BO3. The van der Waals surface area contributed by atoms with E-state index in [1.807, 2.05) is 0 Å². The molecule has 1 fully saturated rings. The number of unbranched alkanes of at least 4 members (excludes halogenated alkanes) is 1. The maximum absolute atomic E-state index is 6.14. The lowest BCUT2D eigenvalue weighted by Gasteiger charge is -2.32. The molecule has 0 amide bonds. The van der Waals surface area contributed by atoms with Gasteiger partial charge in [0.25, 0.3) is 0 Å². The number of aryl methyl sites for hydroxylation is 2. The summed E-state index contributed by atoms with van der Waals surface area (Å²) in [4.78, 5) is 0. The van der Waals surface area contributed by atoms with Crippen LogP contribution in [0.25, 0.3) is 0 Å². The Morgan fingerprint density at radius 2 is 1.50 bits per heavy atom. The van der Waals surface area contributed by atoms with Crippen LogP contribution in [0.4, 0.5) is 0 Å².